The third kappa shape index (κ3) is 3.10. The van der Waals surface area contributed by atoms with Gasteiger partial charge < -0.3 is 9.47 Å². The van der Waals surface area contributed by atoms with E-state index in [4.69, 9.17) is 4.98 Å². The number of fused-ring (bicyclic) bond motifs is 3. The van der Waals surface area contributed by atoms with Crippen LogP contribution >= 0.6 is 15.9 Å². The average Bonchev–Trinajstić information content (AvgIpc) is 3.14. The molecule has 0 saturated heterocycles. The Bertz CT molecular complexity index is 1010. The fourth-order valence-electron chi connectivity index (χ4n) is 3.27. The van der Waals surface area contributed by atoms with Crippen molar-refractivity contribution in [3.63, 3.8) is 0 Å². The van der Waals surface area contributed by atoms with Gasteiger partial charge in [0, 0.05) is 22.8 Å². The minimum Gasteiger partial charge on any atom is -0.310 e. The molecule has 0 aliphatic carbocycles. The van der Waals surface area contributed by atoms with Gasteiger partial charge in [-0.25, -0.2) is 4.98 Å². The third-order valence-corrected chi connectivity index (χ3v) is 5.02. The molecule has 2 aromatic heterocycles. The van der Waals surface area contributed by atoms with E-state index in [2.05, 4.69) is 98.6 Å². The van der Waals surface area contributed by atoms with E-state index in [0.29, 0.717) is 0 Å². The van der Waals surface area contributed by atoms with Gasteiger partial charge in [0.05, 0.1) is 16.7 Å². The number of aromatic nitrogens is 3. The van der Waals surface area contributed by atoms with E-state index in [1.165, 1.54) is 11.0 Å². The molecule has 5 heteroatoms. The van der Waals surface area contributed by atoms with Crippen molar-refractivity contribution in [1.29, 1.82) is 0 Å². The number of hydrogen-bond acceptors (Lipinski definition) is 2. The molecule has 4 rings (SSSR count). The van der Waals surface area contributed by atoms with Crippen molar-refractivity contribution in [2.75, 3.05) is 20.6 Å². The molecule has 2 heterocycles. The molecule has 0 amide bonds. The van der Waals surface area contributed by atoms with Crippen LogP contribution in [-0.4, -0.2) is 39.5 Å². The topological polar surface area (TPSA) is 25.5 Å². The maximum atomic E-state index is 4.94. The molecule has 0 saturated carbocycles. The summed E-state index contributed by atoms with van der Waals surface area (Å²) in [6.45, 7) is 2.03. The zero-order chi connectivity index (χ0) is 17.4. The molecule has 4 nitrogen and oxygen atoms in total. The number of para-hydroxylation sites is 2. The van der Waals surface area contributed by atoms with Gasteiger partial charge in [-0.2, -0.15) is 0 Å². The Morgan fingerprint density at radius 2 is 1.72 bits per heavy atom. The summed E-state index contributed by atoms with van der Waals surface area (Å²) in [5.41, 5.74) is 4.59. The van der Waals surface area contributed by atoms with E-state index >= 15 is 0 Å². The number of rotatable bonds is 5. The molecule has 0 aliphatic rings. The number of aryl methyl sites for hydroxylation is 1. The van der Waals surface area contributed by atoms with Crippen molar-refractivity contribution in [1.82, 2.24) is 18.9 Å². The van der Waals surface area contributed by atoms with E-state index in [1.54, 1.807) is 0 Å². The second kappa shape index (κ2) is 6.65. The third-order valence-electron chi connectivity index (χ3n) is 4.49. The van der Waals surface area contributed by atoms with Gasteiger partial charge in [-0.05, 0) is 51.3 Å². The van der Waals surface area contributed by atoms with Crippen molar-refractivity contribution in [2.45, 2.75) is 13.0 Å². The Hall–Kier alpha value is -2.11. The molecule has 0 atom stereocenters. The highest BCUT2D eigenvalue weighted by Crippen LogP contribution is 2.26. The molecular formula is C20H21BrN4. The molecular weight excluding hydrogens is 376 g/mol. The second-order valence-corrected chi connectivity index (χ2v) is 7.52. The number of halogens is 1. The first-order valence-electron chi connectivity index (χ1n) is 8.50. The first-order valence-corrected chi connectivity index (χ1v) is 9.30. The monoisotopic (exact) mass is 396 g/mol. The van der Waals surface area contributed by atoms with Crippen LogP contribution in [0.1, 0.15) is 6.42 Å². The molecule has 4 aromatic rings. The minimum atomic E-state index is 0.964. The van der Waals surface area contributed by atoms with Crippen molar-refractivity contribution >= 4 is 32.7 Å². The fourth-order valence-corrected chi connectivity index (χ4v) is 3.53. The SMILES string of the molecule is CN(C)CCCn1c2ccccc2n2cc(-c3ccc(Br)cc3)nc12. The summed E-state index contributed by atoms with van der Waals surface area (Å²) in [4.78, 5) is 7.17. The highest BCUT2D eigenvalue weighted by atomic mass is 79.9. The molecule has 0 fully saturated rings. The van der Waals surface area contributed by atoms with Crippen LogP contribution in [0.4, 0.5) is 0 Å². The smallest absolute Gasteiger partial charge is 0.215 e. The quantitative estimate of drug-likeness (QED) is 0.489. The van der Waals surface area contributed by atoms with Gasteiger partial charge in [0.15, 0.2) is 0 Å². The van der Waals surface area contributed by atoms with Gasteiger partial charge in [0.25, 0.3) is 0 Å². The Morgan fingerprint density at radius 1 is 1.00 bits per heavy atom. The van der Waals surface area contributed by atoms with Gasteiger partial charge >= 0.3 is 0 Å². The van der Waals surface area contributed by atoms with Gasteiger partial charge in [0.1, 0.15) is 0 Å². The van der Waals surface area contributed by atoms with E-state index < -0.39 is 0 Å². The molecule has 2 aromatic carbocycles. The zero-order valence-electron chi connectivity index (χ0n) is 14.5. The lowest BCUT2D eigenvalue weighted by Crippen LogP contribution is -2.15. The Balaban J connectivity index is 1.81. The van der Waals surface area contributed by atoms with E-state index in [0.717, 1.165) is 41.0 Å². The highest BCUT2D eigenvalue weighted by molar-refractivity contribution is 9.10. The normalized spacial score (nSPS) is 11.8. The van der Waals surface area contributed by atoms with Crippen LogP contribution in [0.3, 0.4) is 0 Å². The lowest BCUT2D eigenvalue weighted by atomic mass is 10.2. The Morgan fingerprint density at radius 3 is 2.44 bits per heavy atom. The number of nitrogens with zero attached hydrogens (tertiary/aromatic N) is 4. The van der Waals surface area contributed by atoms with Crippen LogP contribution in [0.25, 0.3) is 28.1 Å². The maximum absolute atomic E-state index is 4.94. The standard InChI is InChI=1S/C20H21BrN4/c1-23(2)12-5-13-24-18-6-3-4-7-19(18)25-14-17(22-20(24)25)15-8-10-16(21)11-9-15/h3-4,6-11,14H,5,12-13H2,1-2H3. The second-order valence-electron chi connectivity index (χ2n) is 6.60. The zero-order valence-corrected chi connectivity index (χ0v) is 16.1. The fraction of sp³-hybridized carbons (Fsp3) is 0.250. The highest BCUT2D eigenvalue weighted by Gasteiger charge is 2.14. The van der Waals surface area contributed by atoms with Crippen LogP contribution in [0.5, 0.6) is 0 Å². The summed E-state index contributed by atoms with van der Waals surface area (Å²) < 4.78 is 5.63. The molecule has 0 bridgehead atoms. The largest absolute Gasteiger partial charge is 0.310 e. The molecule has 0 unspecified atom stereocenters. The van der Waals surface area contributed by atoms with Crippen LogP contribution < -0.4 is 0 Å². The van der Waals surface area contributed by atoms with Gasteiger partial charge in [-0.15, -0.1) is 0 Å². The lowest BCUT2D eigenvalue weighted by molar-refractivity contribution is 0.389. The summed E-state index contributed by atoms with van der Waals surface area (Å²) in [6.07, 6.45) is 3.24. The van der Waals surface area contributed by atoms with Crippen LogP contribution in [0.15, 0.2) is 59.2 Å². The van der Waals surface area contributed by atoms with Crippen molar-refractivity contribution in [3.8, 4) is 11.3 Å². The first kappa shape index (κ1) is 16.4. The Labute approximate surface area is 155 Å². The number of imidazole rings is 2. The first-order chi connectivity index (χ1) is 12.1. The van der Waals surface area contributed by atoms with Gasteiger partial charge in [-0.3, -0.25) is 4.40 Å². The average molecular weight is 397 g/mol. The van der Waals surface area contributed by atoms with E-state index in [1.807, 2.05) is 0 Å². The lowest BCUT2D eigenvalue weighted by Gasteiger charge is -2.10. The number of benzene rings is 2. The minimum absolute atomic E-state index is 0.964. The van der Waals surface area contributed by atoms with Crippen LogP contribution in [0.2, 0.25) is 0 Å². The van der Waals surface area contributed by atoms with Crippen molar-refractivity contribution in [3.05, 3.63) is 59.2 Å². The summed E-state index contributed by atoms with van der Waals surface area (Å²) in [5, 5.41) is 0. The maximum Gasteiger partial charge on any atom is 0.215 e. The molecule has 0 N–H and O–H groups in total. The molecule has 128 valence electrons. The predicted molar refractivity (Wildman–Crippen MR) is 107 cm³/mol. The predicted octanol–water partition coefficient (Wildman–Crippen LogP) is 4.67. The summed E-state index contributed by atoms with van der Waals surface area (Å²) in [5.74, 6) is 1.01. The molecule has 0 spiro atoms. The number of hydrogen-bond donors (Lipinski definition) is 0. The van der Waals surface area contributed by atoms with E-state index in [9.17, 15) is 0 Å². The van der Waals surface area contributed by atoms with Crippen LogP contribution in [-0.2, 0) is 6.54 Å². The van der Waals surface area contributed by atoms with Gasteiger partial charge in [0.2, 0.25) is 5.78 Å². The molecule has 0 radical (unpaired) electrons. The molecule has 0 aliphatic heterocycles. The molecule has 25 heavy (non-hydrogen) atoms. The summed E-state index contributed by atoms with van der Waals surface area (Å²) in [6, 6.07) is 16.8. The van der Waals surface area contributed by atoms with Crippen molar-refractivity contribution in [2.24, 2.45) is 0 Å². The van der Waals surface area contributed by atoms with Crippen molar-refractivity contribution < 1.29 is 0 Å². The van der Waals surface area contributed by atoms with Crippen LogP contribution in [0, 0.1) is 0 Å². The summed E-state index contributed by atoms with van der Waals surface area (Å²) >= 11 is 3.50. The Kier molecular flexibility index (Phi) is 4.36. The van der Waals surface area contributed by atoms with Gasteiger partial charge in [-0.1, -0.05) is 40.2 Å². The summed E-state index contributed by atoms with van der Waals surface area (Å²) in [7, 11) is 4.23. The van der Waals surface area contributed by atoms with E-state index in [-0.39, 0.29) is 0 Å².